The van der Waals surface area contributed by atoms with Crippen LogP contribution in [0.15, 0.2) is 42.5 Å². The molecule has 64 heavy (non-hydrogen) atoms. The first-order valence-electron chi connectivity index (χ1n) is 23.6. The van der Waals surface area contributed by atoms with Gasteiger partial charge in [-0.15, -0.1) is 0 Å². The van der Waals surface area contributed by atoms with Gasteiger partial charge in [-0.3, -0.25) is 29.0 Å². The lowest BCUT2D eigenvalue weighted by Crippen LogP contribution is -2.54. The molecule has 2 aromatic rings. The summed E-state index contributed by atoms with van der Waals surface area (Å²) in [6.07, 6.45) is 8.38. The molecule has 3 aliphatic rings. The molecule has 4 amide bonds. The van der Waals surface area contributed by atoms with E-state index in [1.54, 1.807) is 31.7 Å². The number of piperidine rings is 2. The summed E-state index contributed by atoms with van der Waals surface area (Å²) in [5.41, 5.74) is 0.538. The van der Waals surface area contributed by atoms with E-state index in [-0.39, 0.29) is 54.2 Å². The average Bonchev–Trinajstić information content (AvgIpc) is 3.27. The smallest absolute Gasteiger partial charge is 0.411 e. The molecule has 2 heterocycles. The highest BCUT2D eigenvalue weighted by atomic mass is 19.1. The Bertz CT molecular complexity index is 1860. The molecular formula is C49H72F2N6O7. The van der Waals surface area contributed by atoms with Crippen LogP contribution in [0.3, 0.4) is 0 Å². The SMILES string of the molecule is CCCN(CCNCC1CCN(CC(=O)OCC)CC1)C(=O)[C@H](NC(=O)c1cccc(C2CCCN(C(=O)CN(Cc3ccc(F)cc3F)C(=O)OC(C)(C)C)C2)c1)C1CCCCC1. The third-order valence-corrected chi connectivity index (χ3v) is 12.6. The van der Waals surface area contributed by atoms with Crippen molar-refractivity contribution in [2.24, 2.45) is 11.8 Å². The molecule has 15 heteroatoms. The number of carbonyl (C=O) groups excluding carboxylic acids is 5. The number of hydrogen-bond acceptors (Lipinski definition) is 9. The van der Waals surface area contributed by atoms with Crippen molar-refractivity contribution in [2.75, 3.05) is 72.1 Å². The van der Waals surface area contributed by atoms with E-state index in [9.17, 15) is 32.8 Å². The van der Waals surface area contributed by atoms with Gasteiger partial charge in [-0.05, 0) is 128 Å². The molecule has 2 aliphatic heterocycles. The minimum Gasteiger partial charge on any atom is -0.465 e. The molecule has 2 aromatic carbocycles. The predicted octanol–water partition coefficient (Wildman–Crippen LogP) is 6.89. The fourth-order valence-corrected chi connectivity index (χ4v) is 9.17. The van der Waals surface area contributed by atoms with E-state index in [4.69, 9.17) is 9.47 Å². The summed E-state index contributed by atoms with van der Waals surface area (Å²) in [6.45, 7) is 14.2. The Morgan fingerprint density at radius 2 is 1.62 bits per heavy atom. The predicted molar refractivity (Wildman–Crippen MR) is 241 cm³/mol. The maximum absolute atomic E-state index is 14.7. The number of benzene rings is 2. The first-order chi connectivity index (χ1) is 30.6. The van der Waals surface area contributed by atoms with Gasteiger partial charge in [-0.25, -0.2) is 13.6 Å². The molecule has 2 atom stereocenters. The van der Waals surface area contributed by atoms with Gasteiger partial charge in [-0.2, -0.15) is 0 Å². The Kier molecular flexibility index (Phi) is 19.4. The second kappa shape index (κ2) is 24.6. The van der Waals surface area contributed by atoms with Gasteiger partial charge in [0.2, 0.25) is 11.8 Å². The van der Waals surface area contributed by atoms with Gasteiger partial charge in [0.1, 0.15) is 29.8 Å². The molecule has 0 spiro atoms. The molecular weight excluding hydrogens is 823 g/mol. The normalized spacial score (nSPS) is 18.2. The standard InChI is InChI=1S/C49H72F2N6O7/c1-6-23-55(27-22-52-30-35-20-25-54(26-21-35)34-44(59)63-7-2)47(61)45(36-13-9-8-10-14-36)53-46(60)38-16-11-15-37(28-38)39-17-12-24-56(31-39)43(58)33-57(48(62)64-49(3,4)5)32-40-18-19-41(50)29-42(40)51/h11,15-16,18-19,28-29,35-36,39,45,52H,6-10,12-14,17,20-27,30-34H2,1-5H3,(H,53,60)/t39?,45-/m1/s1. The molecule has 1 saturated carbocycles. The Labute approximate surface area is 378 Å². The van der Waals surface area contributed by atoms with Crippen molar-refractivity contribution < 1.29 is 42.2 Å². The monoisotopic (exact) mass is 895 g/mol. The third-order valence-electron chi connectivity index (χ3n) is 12.6. The zero-order chi connectivity index (χ0) is 46.2. The maximum Gasteiger partial charge on any atom is 0.411 e. The lowest BCUT2D eigenvalue weighted by atomic mass is 9.83. The van der Waals surface area contributed by atoms with Crippen LogP contribution in [0.25, 0.3) is 0 Å². The van der Waals surface area contributed by atoms with Crippen LogP contribution in [0.2, 0.25) is 0 Å². The van der Waals surface area contributed by atoms with Crippen molar-refractivity contribution in [3.05, 3.63) is 70.8 Å². The number of nitrogens with zero attached hydrogens (tertiary/aromatic N) is 4. The number of esters is 1. The zero-order valence-electron chi connectivity index (χ0n) is 38.8. The maximum atomic E-state index is 14.7. The summed E-state index contributed by atoms with van der Waals surface area (Å²) >= 11 is 0. The van der Waals surface area contributed by atoms with Crippen LogP contribution in [0.1, 0.15) is 126 Å². The molecule has 13 nitrogen and oxygen atoms in total. The summed E-state index contributed by atoms with van der Waals surface area (Å²) < 4.78 is 39.0. The summed E-state index contributed by atoms with van der Waals surface area (Å²) in [6, 6.07) is 9.86. The molecule has 5 rings (SSSR count). The van der Waals surface area contributed by atoms with Crippen molar-refractivity contribution in [3.8, 4) is 0 Å². The molecule has 2 N–H and O–H groups in total. The van der Waals surface area contributed by atoms with Gasteiger partial charge < -0.3 is 29.9 Å². The fraction of sp³-hybridized carbons (Fsp3) is 0.653. The van der Waals surface area contributed by atoms with Gasteiger partial charge in [0.05, 0.1) is 19.7 Å². The van der Waals surface area contributed by atoms with Crippen molar-refractivity contribution >= 4 is 29.8 Å². The van der Waals surface area contributed by atoms with E-state index in [2.05, 4.69) is 22.5 Å². The third kappa shape index (κ3) is 15.5. The van der Waals surface area contributed by atoms with E-state index < -0.39 is 29.4 Å². The van der Waals surface area contributed by atoms with Crippen LogP contribution in [-0.2, 0) is 30.4 Å². The second-order valence-corrected chi connectivity index (χ2v) is 18.8. The Hall–Kier alpha value is -4.63. The quantitative estimate of drug-likeness (QED) is 0.114. The minimum absolute atomic E-state index is 0.0400. The largest absolute Gasteiger partial charge is 0.465 e. The molecule has 2 saturated heterocycles. The average molecular weight is 895 g/mol. The Morgan fingerprint density at radius 1 is 0.875 bits per heavy atom. The van der Waals surface area contributed by atoms with Crippen molar-refractivity contribution in [2.45, 2.75) is 123 Å². The number of ether oxygens (including phenoxy) is 2. The highest BCUT2D eigenvalue weighted by Crippen LogP contribution is 2.30. The second-order valence-electron chi connectivity index (χ2n) is 18.8. The lowest BCUT2D eigenvalue weighted by Gasteiger charge is -2.35. The van der Waals surface area contributed by atoms with Crippen molar-refractivity contribution in [1.29, 1.82) is 0 Å². The molecule has 1 aliphatic carbocycles. The number of rotatable bonds is 19. The van der Waals surface area contributed by atoms with Gasteiger partial charge >= 0.3 is 12.1 Å². The Morgan fingerprint density at radius 3 is 2.31 bits per heavy atom. The molecule has 354 valence electrons. The first kappa shape index (κ1) is 50.4. The summed E-state index contributed by atoms with van der Waals surface area (Å²) in [5.74, 6) is -1.98. The number of amides is 4. The summed E-state index contributed by atoms with van der Waals surface area (Å²) in [7, 11) is 0. The van der Waals surface area contributed by atoms with Crippen molar-refractivity contribution in [1.82, 2.24) is 30.2 Å². The van der Waals surface area contributed by atoms with Crippen LogP contribution in [-0.4, -0.2) is 133 Å². The van der Waals surface area contributed by atoms with Gasteiger partial charge in [0.15, 0.2) is 0 Å². The molecule has 0 bridgehead atoms. The van der Waals surface area contributed by atoms with Gasteiger partial charge in [-0.1, -0.05) is 44.4 Å². The highest BCUT2D eigenvalue weighted by Gasteiger charge is 2.35. The van der Waals surface area contributed by atoms with E-state index in [0.717, 1.165) is 100 Å². The van der Waals surface area contributed by atoms with Crippen LogP contribution >= 0.6 is 0 Å². The molecule has 0 radical (unpaired) electrons. The highest BCUT2D eigenvalue weighted by molar-refractivity contribution is 5.98. The molecule has 3 fully saturated rings. The first-order valence-corrected chi connectivity index (χ1v) is 23.6. The van der Waals surface area contributed by atoms with Crippen LogP contribution in [0.4, 0.5) is 13.6 Å². The van der Waals surface area contributed by atoms with Gasteiger partial charge in [0, 0.05) is 55.8 Å². The van der Waals surface area contributed by atoms with Crippen LogP contribution in [0.5, 0.6) is 0 Å². The summed E-state index contributed by atoms with van der Waals surface area (Å²) in [5, 5.41) is 6.77. The van der Waals surface area contributed by atoms with E-state index in [1.165, 1.54) is 6.07 Å². The number of nitrogens with one attached hydrogen (secondary N) is 2. The lowest BCUT2D eigenvalue weighted by molar-refractivity contribution is -0.144. The minimum atomic E-state index is -0.863. The number of likely N-dealkylation sites (tertiary alicyclic amines) is 2. The zero-order valence-corrected chi connectivity index (χ0v) is 38.8. The fourth-order valence-electron chi connectivity index (χ4n) is 9.17. The van der Waals surface area contributed by atoms with Gasteiger partial charge in [0.25, 0.3) is 5.91 Å². The van der Waals surface area contributed by atoms with Crippen LogP contribution in [0, 0.1) is 23.5 Å². The van der Waals surface area contributed by atoms with Crippen LogP contribution < -0.4 is 10.6 Å². The Balaban J connectivity index is 1.20. The number of hydrogen-bond donors (Lipinski definition) is 2. The van der Waals surface area contributed by atoms with Crippen molar-refractivity contribution in [3.63, 3.8) is 0 Å². The number of carbonyl (C=O) groups is 5. The summed E-state index contributed by atoms with van der Waals surface area (Å²) in [4.78, 5) is 74.4. The van der Waals surface area contributed by atoms with E-state index in [0.29, 0.717) is 63.8 Å². The van der Waals surface area contributed by atoms with E-state index in [1.807, 2.05) is 30.0 Å². The van der Waals surface area contributed by atoms with E-state index >= 15 is 0 Å². The number of halogens is 2. The molecule has 0 aromatic heterocycles. The topological polar surface area (TPSA) is 141 Å². The molecule has 1 unspecified atom stereocenters.